The minimum atomic E-state index is -3.76. The molecule has 1 aromatic carbocycles. The van der Waals surface area contributed by atoms with E-state index in [1.54, 1.807) is 12.1 Å². The number of hydrogen-bond donors (Lipinski definition) is 2. The van der Waals surface area contributed by atoms with Crippen molar-refractivity contribution in [3.63, 3.8) is 0 Å². The maximum Gasteiger partial charge on any atom is 0.405 e. The molecule has 24 heavy (non-hydrogen) atoms. The molecule has 0 fully saturated rings. The highest BCUT2D eigenvalue weighted by Gasteiger charge is 2.30. The van der Waals surface area contributed by atoms with Crippen molar-refractivity contribution in [2.45, 2.75) is 57.2 Å². The van der Waals surface area contributed by atoms with Crippen LogP contribution >= 0.6 is 0 Å². The standard InChI is InChI=1S/C18H27NO4S/c1-13(2)6-5-7-15(4)12-17(19-18(20)21)24(22,23)16-10-8-14(3)9-11-16/h6,8-11,15,17,19H,5,7,12H2,1-4H3,(H,20,21)/t15?,17-/m1/s1. The molecule has 0 aliphatic heterocycles. The van der Waals surface area contributed by atoms with Gasteiger partial charge < -0.3 is 10.4 Å². The lowest BCUT2D eigenvalue weighted by Gasteiger charge is -2.21. The van der Waals surface area contributed by atoms with Gasteiger partial charge in [-0.05, 0) is 58.1 Å². The van der Waals surface area contributed by atoms with E-state index >= 15 is 0 Å². The first-order valence-electron chi connectivity index (χ1n) is 8.06. The molecule has 6 heteroatoms. The Bertz CT molecular complexity index is 673. The Morgan fingerprint density at radius 2 is 1.83 bits per heavy atom. The fourth-order valence-corrected chi connectivity index (χ4v) is 4.11. The molecule has 0 saturated heterocycles. The molecule has 1 aromatic rings. The summed E-state index contributed by atoms with van der Waals surface area (Å²) < 4.78 is 25.5. The minimum Gasteiger partial charge on any atom is -0.465 e. The third kappa shape index (κ3) is 6.35. The first kappa shape index (κ1) is 20.2. The van der Waals surface area contributed by atoms with Crippen LogP contribution < -0.4 is 5.32 Å². The third-order valence-corrected chi connectivity index (χ3v) is 5.83. The van der Waals surface area contributed by atoms with Crippen LogP contribution in [-0.4, -0.2) is 25.0 Å². The molecule has 5 nitrogen and oxygen atoms in total. The number of nitrogens with one attached hydrogen (secondary N) is 1. The van der Waals surface area contributed by atoms with Crippen LogP contribution in [0.5, 0.6) is 0 Å². The Labute approximate surface area is 144 Å². The minimum absolute atomic E-state index is 0.0812. The molecule has 1 rings (SSSR count). The zero-order valence-corrected chi connectivity index (χ0v) is 15.6. The van der Waals surface area contributed by atoms with E-state index in [9.17, 15) is 13.2 Å². The molecule has 0 aliphatic carbocycles. The number of sulfone groups is 1. The number of carbonyl (C=O) groups is 1. The Morgan fingerprint density at radius 3 is 2.33 bits per heavy atom. The highest BCUT2D eigenvalue weighted by molar-refractivity contribution is 7.92. The smallest absolute Gasteiger partial charge is 0.405 e. The molecule has 2 N–H and O–H groups in total. The highest BCUT2D eigenvalue weighted by atomic mass is 32.2. The molecule has 0 heterocycles. The summed E-state index contributed by atoms with van der Waals surface area (Å²) in [5.74, 6) is 0.0812. The van der Waals surface area contributed by atoms with Crippen molar-refractivity contribution in [1.82, 2.24) is 5.32 Å². The molecule has 0 aromatic heterocycles. The summed E-state index contributed by atoms with van der Waals surface area (Å²) in [6.45, 7) is 7.84. The largest absolute Gasteiger partial charge is 0.465 e. The van der Waals surface area contributed by atoms with Crippen molar-refractivity contribution in [3.8, 4) is 0 Å². The number of carboxylic acid groups (broad SMARTS) is 1. The number of aryl methyl sites for hydroxylation is 1. The molecule has 1 amide bonds. The zero-order chi connectivity index (χ0) is 18.3. The van der Waals surface area contributed by atoms with E-state index in [0.717, 1.165) is 18.4 Å². The topological polar surface area (TPSA) is 83.5 Å². The van der Waals surface area contributed by atoms with Gasteiger partial charge >= 0.3 is 6.09 Å². The van der Waals surface area contributed by atoms with Crippen molar-refractivity contribution < 1.29 is 18.3 Å². The highest BCUT2D eigenvalue weighted by Crippen LogP contribution is 2.23. The molecular formula is C18H27NO4S. The molecular weight excluding hydrogens is 326 g/mol. The van der Waals surface area contributed by atoms with Crippen molar-refractivity contribution in [1.29, 1.82) is 0 Å². The summed E-state index contributed by atoms with van der Waals surface area (Å²) in [5.41, 5.74) is 2.17. The fraction of sp³-hybridized carbons (Fsp3) is 0.500. The predicted molar refractivity (Wildman–Crippen MR) is 95.8 cm³/mol. The quantitative estimate of drug-likeness (QED) is 0.688. The SMILES string of the molecule is CC(C)=CCCC(C)C[C@H](NC(=O)O)S(=O)(=O)c1ccc(C)cc1. The van der Waals surface area contributed by atoms with E-state index in [4.69, 9.17) is 5.11 Å². The van der Waals surface area contributed by atoms with E-state index in [1.807, 2.05) is 27.7 Å². The number of rotatable bonds is 8. The van der Waals surface area contributed by atoms with Crippen LogP contribution in [0.25, 0.3) is 0 Å². The zero-order valence-electron chi connectivity index (χ0n) is 14.7. The molecule has 0 spiro atoms. The lowest BCUT2D eigenvalue weighted by Crippen LogP contribution is -2.41. The summed E-state index contributed by atoms with van der Waals surface area (Å²) in [6.07, 6.45) is 2.69. The first-order chi connectivity index (χ1) is 11.1. The summed E-state index contributed by atoms with van der Waals surface area (Å²) in [4.78, 5) is 11.2. The second-order valence-electron chi connectivity index (χ2n) is 6.50. The normalized spacial score (nSPS) is 13.8. The summed E-state index contributed by atoms with van der Waals surface area (Å²) in [5, 5.41) is 10.1. The van der Waals surface area contributed by atoms with E-state index in [2.05, 4.69) is 11.4 Å². The lowest BCUT2D eigenvalue weighted by atomic mass is 10.0. The number of amides is 1. The Balaban J connectivity index is 2.93. The van der Waals surface area contributed by atoms with E-state index in [1.165, 1.54) is 17.7 Å². The molecule has 2 atom stereocenters. The first-order valence-corrected chi connectivity index (χ1v) is 9.61. The van der Waals surface area contributed by atoms with Gasteiger partial charge in [0.25, 0.3) is 0 Å². The lowest BCUT2D eigenvalue weighted by molar-refractivity contribution is 0.191. The maximum atomic E-state index is 12.8. The van der Waals surface area contributed by atoms with Gasteiger partial charge in [0.2, 0.25) is 0 Å². The average molecular weight is 353 g/mol. The van der Waals surface area contributed by atoms with Gasteiger partial charge in [0.1, 0.15) is 5.37 Å². The van der Waals surface area contributed by atoms with Gasteiger partial charge in [0.05, 0.1) is 4.90 Å². The van der Waals surface area contributed by atoms with Crippen LogP contribution in [0, 0.1) is 12.8 Å². The van der Waals surface area contributed by atoms with Gasteiger partial charge in [-0.15, -0.1) is 0 Å². The predicted octanol–water partition coefficient (Wildman–Crippen LogP) is 4.14. The van der Waals surface area contributed by atoms with Crippen LogP contribution in [-0.2, 0) is 9.84 Å². The summed E-state index contributed by atoms with van der Waals surface area (Å²) >= 11 is 0. The van der Waals surface area contributed by atoms with Crippen molar-refractivity contribution in [3.05, 3.63) is 41.5 Å². The van der Waals surface area contributed by atoms with E-state index in [-0.39, 0.29) is 17.2 Å². The van der Waals surface area contributed by atoms with Gasteiger partial charge in [0.15, 0.2) is 9.84 Å². The van der Waals surface area contributed by atoms with Crippen LogP contribution in [0.4, 0.5) is 4.79 Å². The van der Waals surface area contributed by atoms with Crippen LogP contribution in [0.1, 0.15) is 45.6 Å². The fourth-order valence-electron chi connectivity index (χ4n) is 2.43. The van der Waals surface area contributed by atoms with Crippen molar-refractivity contribution in [2.24, 2.45) is 5.92 Å². The number of hydrogen-bond acceptors (Lipinski definition) is 3. The molecule has 134 valence electrons. The number of allylic oxidation sites excluding steroid dienone is 2. The van der Waals surface area contributed by atoms with Crippen LogP contribution in [0.2, 0.25) is 0 Å². The second kappa shape index (κ2) is 8.87. The Morgan fingerprint density at radius 1 is 1.25 bits per heavy atom. The van der Waals surface area contributed by atoms with Crippen LogP contribution in [0.3, 0.4) is 0 Å². The van der Waals surface area contributed by atoms with Gasteiger partial charge in [-0.3, -0.25) is 0 Å². The molecule has 0 saturated carbocycles. The van der Waals surface area contributed by atoms with E-state index < -0.39 is 21.3 Å². The maximum absolute atomic E-state index is 12.8. The third-order valence-electron chi connectivity index (χ3n) is 3.84. The monoisotopic (exact) mass is 353 g/mol. The molecule has 0 radical (unpaired) electrons. The van der Waals surface area contributed by atoms with Gasteiger partial charge in [-0.25, -0.2) is 13.2 Å². The van der Waals surface area contributed by atoms with Gasteiger partial charge in [-0.1, -0.05) is 36.3 Å². The van der Waals surface area contributed by atoms with Crippen molar-refractivity contribution >= 4 is 15.9 Å². The van der Waals surface area contributed by atoms with Gasteiger partial charge in [-0.2, -0.15) is 0 Å². The summed E-state index contributed by atoms with van der Waals surface area (Å²) in [7, 11) is -3.76. The average Bonchev–Trinajstić information content (AvgIpc) is 2.46. The molecule has 1 unspecified atom stereocenters. The van der Waals surface area contributed by atoms with Crippen molar-refractivity contribution in [2.75, 3.05) is 0 Å². The van der Waals surface area contributed by atoms with Crippen LogP contribution in [0.15, 0.2) is 40.8 Å². The number of benzene rings is 1. The Hall–Kier alpha value is -1.82. The van der Waals surface area contributed by atoms with E-state index in [0.29, 0.717) is 0 Å². The molecule has 0 aliphatic rings. The second-order valence-corrected chi connectivity index (χ2v) is 8.63. The molecule has 0 bridgehead atoms. The Kier molecular flexibility index (Phi) is 7.48. The van der Waals surface area contributed by atoms with Gasteiger partial charge in [0, 0.05) is 0 Å². The summed E-state index contributed by atoms with van der Waals surface area (Å²) in [6, 6.07) is 6.47.